The summed E-state index contributed by atoms with van der Waals surface area (Å²) in [5.74, 6) is 0.527. The topological polar surface area (TPSA) is 150 Å². The Labute approximate surface area is 787 Å². The van der Waals surface area contributed by atoms with E-state index in [1.54, 1.807) is 76.7 Å². The number of benzene rings is 8. The van der Waals surface area contributed by atoms with E-state index in [-0.39, 0.29) is 17.7 Å². The molecule has 8 aromatic rings. The first-order valence-electron chi connectivity index (χ1n) is 51.2. The number of unbranched alkanes of at least 4 members (excludes halogenated alkanes) is 13. The quantitative estimate of drug-likeness (QED) is 0.0255. The molecule has 7 heterocycles. The Hall–Kier alpha value is -9.63. The predicted molar refractivity (Wildman–Crippen MR) is 561 cm³/mol. The minimum absolute atomic E-state index is 0.00125. The number of hydrogen-bond acceptors (Lipinski definition) is 12. The van der Waals surface area contributed by atoms with Crippen molar-refractivity contribution in [2.24, 2.45) is 0 Å². The summed E-state index contributed by atoms with van der Waals surface area (Å²) in [6.45, 7) is 56.2. The Morgan fingerprint density at radius 1 is 0.338 bits per heavy atom. The standard InChI is InChI=1S/C25H44N2O.C18H22N2O.C17H28N2O.C15H21N.C14H19N.C13H17NO2.C13H19N/c1-5-7-9-11-13-15-19-27(20-16-14-12-10-8-6-2)24-18-17-22(3)25(21-24)26-23(4)28;1-4-20(5-2)16-12-11-14(3)17(13-16)19-18(21)15-9-7-6-8-10-15;1-5-7-11-19(12-8-6-2)16-10-9-14(3)17(13-16)18-15(4)20;1-10-11(2)13-6-4-8-16-9-5-7-14(12(10)3)15(13)16;1-10-9-12-5-3-7-15-8-4-6-13(11(10)2)14(12)15;1-8-12(15)9-4-2-6-14-7-3-5-10(11(9)14)13(8)16;1-3-4-8-14-9-7-12-10-11(2)5-6-13(12)14/h17-18,21H,5-16,19-20H2,1-4H3,(H,26,28);6-13H,4-5H2,1-3H3,(H,19,21);9-10,13H,5-8,11-12H2,1-4H3,(H,18,20);4-9H2,1-3H3;9H,3-8H2,1-2H3;15-16H,2-7H2,1H3;5-6,10H,3-4,7-9H2,1-2H3. The molecule has 0 radical (unpaired) electrons. The third-order valence-corrected chi connectivity index (χ3v) is 28.1. The lowest BCUT2D eigenvalue weighted by Gasteiger charge is -2.39. The van der Waals surface area contributed by atoms with E-state index in [4.69, 9.17) is 0 Å². The Morgan fingerprint density at radius 2 is 0.731 bits per heavy atom. The van der Waals surface area contributed by atoms with Crippen LogP contribution in [0.4, 0.5) is 56.9 Å². The monoisotopic (exact) mass is 1770 g/mol. The second-order valence-corrected chi connectivity index (χ2v) is 38.0. The minimum Gasteiger partial charge on any atom is -0.507 e. The summed E-state index contributed by atoms with van der Waals surface area (Å²) in [5.41, 5.74) is 36.1. The fourth-order valence-corrected chi connectivity index (χ4v) is 20.1. The van der Waals surface area contributed by atoms with Gasteiger partial charge in [-0.2, -0.15) is 0 Å². The summed E-state index contributed by atoms with van der Waals surface area (Å²) in [5, 5.41) is 29.1. The number of phenolic OH excluding ortho intramolecular Hbond substituents is 2. The molecule has 15 nitrogen and oxygen atoms in total. The largest absolute Gasteiger partial charge is 0.507 e. The second-order valence-electron chi connectivity index (χ2n) is 38.0. The molecular formula is C115H170N10O5. The van der Waals surface area contributed by atoms with Crippen molar-refractivity contribution in [1.82, 2.24) is 0 Å². The third-order valence-electron chi connectivity index (χ3n) is 28.1. The number of carbonyl (C=O) groups is 3. The van der Waals surface area contributed by atoms with Crippen LogP contribution in [0.25, 0.3) is 0 Å². The van der Waals surface area contributed by atoms with Gasteiger partial charge >= 0.3 is 0 Å². The van der Waals surface area contributed by atoms with Crippen LogP contribution >= 0.6 is 0 Å². The number of fused-ring (bicyclic) bond motifs is 1. The first-order chi connectivity index (χ1) is 62.8. The molecule has 0 aliphatic carbocycles. The maximum atomic E-state index is 12.3. The number of nitrogens with zero attached hydrogens (tertiary/aromatic N) is 7. The molecule has 0 atom stereocenters. The molecule has 8 aromatic carbocycles. The molecule has 710 valence electrons. The molecule has 15 rings (SSSR count). The van der Waals surface area contributed by atoms with Gasteiger partial charge in [0, 0.05) is 179 Å². The van der Waals surface area contributed by atoms with Crippen LogP contribution in [0.3, 0.4) is 0 Å². The van der Waals surface area contributed by atoms with Gasteiger partial charge in [-0.3, -0.25) is 14.4 Å². The van der Waals surface area contributed by atoms with E-state index in [2.05, 4.69) is 214 Å². The van der Waals surface area contributed by atoms with Crippen LogP contribution < -0.4 is 50.2 Å². The molecular weight excluding hydrogens is 1600 g/mol. The van der Waals surface area contributed by atoms with Crippen LogP contribution in [-0.2, 0) is 54.5 Å². The van der Waals surface area contributed by atoms with Crippen molar-refractivity contribution in [3.8, 4) is 11.5 Å². The summed E-state index contributed by atoms with van der Waals surface area (Å²) >= 11 is 0. The van der Waals surface area contributed by atoms with Crippen molar-refractivity contribution >= 4 is 74.6 Å². The van der Waals surface area contributed by atoms with E-state index in [1.807, 2.05) is 56.3 Å². The number of anilines is 10. The lowest BCUT2D eigenvalue weighted by atomic mass is 9.83. The second kappa shape index (κ2) is 53.8. The molecule has 130 heavy (non-hydrogen) atoms. The zero-order valence-electron chi connectivity index (χ0n) is 84.5. The van der Waals surface area contributed by atoms with Gasteiger partial charge in [0.05, 0.1) is 5.69 Å². The van der Waals surface area contributed by atoms with Gasteiger partial charge in [-0.1, -0.05) is 178 Å². The van der Waals surface area contributed by atoms with Gasteiger partial charge in [-0.15, -0.1) is 0 Å². The molecule has 0 bridgehead atoms. The Morgan fingerprint density at radius 3 is 1.18 bits per heavy atom. The molecule has 0 unspecified atom stereocenters. The highest BCUT2D eigenvalue weighted by molar-refractivity contribution is 6.05. The zero-order chi connectivity index (χ0) is 93.8. The van der Waals surface area contributed by atoms with Gasteiger partial charge in [0.25, 0.3) is 5.91 Å². The van der Waals surface area contributed by atoms with Gasteiger partial charge in [-0.25, -0.2) is 0 Å². The number of rotatable bonds is 32. The SMILES string of the molecule is CCCCCCCCN(CCCCCCCC)c1ccc(C)c(NC(C)=O)c1.CCCCN(CCCC)c1ccc(C)c(NC(C)=O)c1.CCCCN1CCc2cc(C)ccc21.CCN(CC)c1ccc(C)c(NC(=O)c2ccccc2)c1.Cc1c(C)c2c3c(c1C)CCCN3CCC2.Cc1c(O)c2c3c(c1O)CCCN3CCC2.Cc1cc2c3c(c1C)CCCN3CCC2. The molecule has 0 saturated heterocycles. The molecule has 0 saturated carbocycles. The van der Waals surface area contributed by atoms with Crippen molar-refractivity contribution in [3.05, 3.63) is 209 Å². The van der Waals surface area contributed by atoms with Crippen LogP contribution in [-0.4, -0.2) is 120 Å². The summed E-state index contributed by atoms with van der Waals surface area (Å²) in [6, 6.07) is 37.6. The highest BCUT2D eigenvalue weighted by Gasteiger charge is 2.32. The number of hydrogen-bond donors (Lipinski definition) is 5. The molecule has 5 N–H and O–H groups in total. The minimum atomic E-state index is -0.0737. The van der Waals surface area contributed by atoms with E-state index < -0.39 is 0 Å². The zero-order valence-corrected chi connectivity index (χ0v) is 84.5. The smallest absolute Gasteiger partial charge is 0.255 e. The Kier molecular flexibility index (Phi) is 43.0. The van der Waals surface area contributed by atoms with Crippen LogP contribution in [0.5, 0.6) is 11.5 Å². The predicted octanol–water partition coefficient (Wildman–Crippen LogP) is 27.5. The first kappa shape index (κ1) is 104. The van der Waals surface area contributed by atoms with Crippen LogP contribution in [0.1, 0.15) is 321 Å². The Balaban J connectivity index is 0.000000173. The molecule has 7 aliphatic heterocycles. The fourth-order valence-electron chi connectivity index (χ4n) is 20.1. The lowest BCUT2D eigenvalue weighted by molar-refractivity contribution is -0.115. The summed E-state index contributed by atoms with van der Waals surface area (Å²) in [4.78, 5) is 52.4. The molecule has 0 fully saturated rings. The molecule has 0 aromatic heterocycles. The maximum absolute atomic E-state index is 12.3. The van der Waals surface area contributed by atoms with Crippen molar-refractivity contribution < 1.29 is 24.6 Å². The highest BCUT2D eigenvalue weighted by atomic mass is 16.3. The normalized spacial score (nSPS) is 13.9. The van der Waals surface area contributed by atoms with Crippen LogP contribution in [0.15, 0.2) is 109 Å². The summed E-state index contributed by atoms with van der Waals surface area (Å²) in [7, 11) is 0. The van der Waals surface area contributed by atoms with Gasteiger partial charge in [-0.05, 0) is 326 Å². The molecule has 3 amide bonds. The number of aromatic hydroxyl groups is 2. The summed E-state index contributed by atoms with van der Waals surface area (Å²) in [6.07, 6.45) is 39.2. The van der Waals surface area contributed by atoms with E-state index in [0.29, 0.717) is 22.6 Å². The number of nitrogens with one attached hydrogen (secondary N) is 3. The third kappa shape index (κ3) is 29.4. The highest BCUT2D eigenvalue weighted by Crippen LogP contribution is 2.48. The van der Waals surface area contributed by atoms with E-state index >= 15 is 0 Å². The fraction of sp³-hybridized carbons (Fsp3) is 0.557. The lowest BCUT2D eigenvalue weighted by Crippen LogP contribution is -2.35. The van der Waals surface area contributed by atoms with Crippen LogP contribution in [0, 0.1) is 69.2 Å². The van der Waals surface area contributed by atoms with Gasteiger partial charge in [0.2, 0.25) is 11.8 Å². The van der Waals surface area contributed by atoms with E-state index in [0.717, 1.165) is 134 Å². The Bertz CT molecular complexity index is 4710. The molecule has 7 aliphatic rings. The average molecular weight is 1770 g/mol. The van der Waals surface area contributed by atoms with Crippen molar-refractivity contribution in [3.63, 3.8) is 0 Å². The molecule has 15 heteroatoms. The average Bonchev–Trinajstić information content (AvgIpc) is 1.64. The number of phenols is 2. The van der Waals surface area contributed by atoms with Gasteiger partial charge < -0.3 is 60.5 Å². The first-order valence-corrected chi connectivity index (χ1v) is 51.2. The number of carbonyl (C=O) groups excluding carboxylic acids is 3. The van der Waals surface area contributed by atoms with E-state index in [9.17, 15) is 24.6 Å². The van der Waals surface area contributed by atoms with Gasteiger partial charge in [0.15, 0.2) is 0 Å². The van der Waals surface area contributed by atoms with Crippen molar-refractivity contribution in [1.29, 1.82) is 0 Å². The van der Waals surface area contributed by atoms with Crippen molar-refractivity contribution in [2.75, 3.05) is 142 Å². The molecule has 0 spiro atoms. The maximum Gasteiger partial charge on any atom is 0.255 e. The summed E-state index contributed by atoms with van der Waals surface area (Å²) < 4.78 is 0. The van der Waals surface area contributed by atoms with Crippen molar-refractivity contribution in [2.45, 2.75) is 331 Å². The van der Waals surface area contributed by atoms with Crippen LogP contribution in [0.2, 0.25) is 0 Å². The van der Waals surface area contributed by atoms with Gasteiger partial charge in [0.1, 0.15) is 11.5 Å². The number of aryl methyl sites for hydroxylation is 6. The number of amides is 3. The van der Waals surface area contributed by atoms with E-state index in [1.165, 1.54) is 246 Å².